The van der Waals surface area contributed by atoms with Crippen molar-refractivity contribution in [3.8, 4) is 17.0 Å². The molecule has 98 valence electrons. The first-order chi connectivity index (χ1) is 9.06. The van der Waals surface area contributed by atoms with Gasteiger partial charge in [-0.15, -0.1) is 0 Å². The van der Waals surface area contributed by atoms with Crippen LogP contribution in [0.15, 0.2) is 35.1 Å². The van der Waals surface area contributed by atoms with E-state index in [4.69, 9.17) is 5.11 Å². The van der Waals surface area contributed by atoms with Gasteiger partial charge in [0.25, 0.3) is 5.56 Å². The molecule has 0 spiro atoms. The molecule has 1 heterocycles. The molecule has 1 aromatic carbocycles. The lowest BCUT2D eigenvalue weighted by atomic mass is 10.0. The summed E-state index contributed by atoms with van der Waals surface area (Å²) in [6.07, 6.45) is 0.410. The van der Waals surface area contributed by atoms with Crippen molar-refractivity contribution in [3.05, 3.63) is 51.8 Å². The topological polar surface area (TPSA) is 90.4 Å². The number of pyridine rings is 1. The molecule has 0 aliphatic heterocycles. The molecule has 0 saturated heterocycles. The predicted octanol–water partition coefficient (Wildman–Crippen LogP) is 2.01. The molecule has 0 fully saturated rings. The van der Waals surface area contributed by atoms with Gasteiger partial charge in [-0.05, 0) is 12.0 Å². The molecule has 2 rings (SSSR count). The van der Waals surface area contributed by atoms with Gasteiger partial charge in [-0.25, -0.2) is 4.79 Å². The van der Waals surface area contributed by atoms with E-state index < -0.39 is 22.8 Å². The van der Waals surface area contributed by atoms with Crippen molar-refractivity contribution in [1.82, 2.24) is 4.98 Å². The lowest BCUT2D eigenvalue weighted by molar-refractivity contribution is 0.0691. The number of aromatic carboxylic acids is 1. The van der Waals surface area contributed by atoms with Gasteiger partial charge in [0.2, 0.25) is 0 Å². The van der Waals surface area contributed by atoms with Crippen LogP contribution in [0.1, 0.15) is 22.8 Å². The van der Waals surface area contributed by atoms with Gasteiger partial charge in [0.1, 0.15) is 5.75 Å². The molecule has 19 heavy (non-hydrogen) atoms. The number of hydrogen-bond acceptors (Lipinski definition) is 3. The van der Waals surface area contributed by atoms with E-state index in [2.05, 4.69) is 4.98 Å². The van der Waals surface area contributed by atoms with Crippen molar-refractivity contribution in [2.45, 2.75) is 13.3 Å². The number of benzene rings is 1. The summed E-state index contributed by atoms with van der Waals surface area (Å²) < 4.78 is 0. The summed E-state index contributed by atoms with van der Waals surface area (Å²) in [5.41, 5.74) is 0.181. The number of carboxylic acid groups (broad SMARTS) is 1. The van der Waals surface area contributed by atoms with E-state index in [1.165, 1.54) is 0 Å². The SMILES string of the molecule is CCc1c(-c2ccccc2)[nH]c(=O)c(C(=O)O)c1O. The molecule has 5 nitrogen and oxygen atoms in total. The molecule has 3 N–H and O–H groups in total. The Labute approximate surface area is 109 Å². The number of aromatic amines is 1. The second-order valence-corrected chi connectivity index (χ2v) is 4.06. The predicted molar refractivity (Wildman–Crippen MR) is 70.5 cm³/mol. The highest BCUT2D eigenvalue weighted by Crippen LogP contribution is 2.29. The smallest absolute Gasteiger partial charge is 0.345 e. The van der Waals surface area contributed by atoms with Gasteiger partial charge < -0.3 is 15.2 Å². The highest BCUT2D eigenvalue weighted by Gasteiger charge is 2.21. The van der Waals surface area contributed by atoms with Crippen LogP contribution in [-0.2, 0) is 6.42 Å². The van der Waals surface area contributed by atoms with Crippen molar-refractivity contribution in [2.75, 3.05) is 0 Å². The largest absolute Gasteiger partial charge is 0.506 e. The first kappa shape index (κ1) is 12.9. The maximum atomic E-state index is 11.7. The number of H-pyrrole nitrogens is 1. The number of aromatic nitrogens is 1. The Morgan fingerprint density at radius 1 is 1.26 bits per heavy atom. The highest BCUT2D eigenvalue weighted by molar-refractivity contribution is 5.91. The first-order valence-electron chi connectivity index (χ1n) is 5.83. The fraction of sp³-hybridized carbons (Fsp3) is 0.143. The average Bonchev–Trinajstić information content (AvgIpc) is 2.38. The van der Waals surface area contributed by atoms with E-state index in [-0.39, 0.29) is 0 Å². The maximum Gasteiger partial charge on any atom is 0.345 e. The Balaban J connectivity index is 2.78. The second-order valence-electron chi connectivity index (χ2n) is 4.06. The molecule has 0 atom stereocenters. The van der Waals surface area contributed by atoms with Gasteiger partial charge in [0, 0.05) is 5.56 Å². The Kier molecular flexibility index (Phi) is 3.37. The Morgan fingerprint density at radius 2 is 1.89 bits per heavy atom. The molecular weight excluding hydrogens is 246 g/mol. The van der Waals surface area contributed by atoms with E-state index in [9.17, 15) is 14.7 Å². The quantitative estimate of drug-likeness (QED) is 0.786. The van der Waals surface area contributed by atoms with Crippen LogP contribution in [0, 0.1) is 0 Å². The number of carboxylic acids is 1. The third-order valence-corrected chi connectivity index (χ3v) is 2.92. The number of rotatable bonds is 3. The zero-order valence-electron chi connectivity index (χ0n) is 10.3. The molecule has 0 bridgehead atoms. The number of hydrogen-bond donors (Lipinski definition) is 3. The Bertz CT molecular complexity index is 674. The molecule has 0 saturated carbocycles. The van der Waals surface area contributed by atoms with Gasteiger partial charge in [-0.2, -0.15) is 0 Å². The van der Waals surface area contributed by atoms with Crippen LogP contribution in [-0.4, -0.2) is 21.2 Å². The van der Waals surface area contributed by atoms with Crippen molar-refractivity contribution >= 4 is 5.97 Å². The zero-order chi connectivity index (χ0) is 14.0. The van der Waals surface area contributed by atoms with E-state index in [0.717, 1.165) is 5.56 Å². The van der Waals surface area contributed by atoms with Crippen LogP contribution in [0.25, 0.3) is 11.3 Å². The van der Waals surface area contributed by atoms with E-state index in [0.29, 0.717) is 17.7 Å². The molecule has 0 radical (unpaired) electrons. The highest BCUT2D eigenvalue weighted by atomic mass is 16.4. The number of carbonyl (C=O) groups is 1. The van der Waals surface area contributed by atoms with Gasteiger partial charge in [0.15, 0.2) is 5.56 Å². The second kappa shape index (κ2) is 4.97. The van der Waals surface area contributed by atoms with Crippen LogP contribution in [0.5, 0.6) is 5.75 Å². The normalized spacial score (nSPS) is 10.4. The van der Waals surface area contributed by atoms with Gasteiger partial charge >= 0.3 is 5.97 Å². The monoisotopic (exact) mass is 259 g/mol. The van der Waals surface area contributed by atoms with E-state index >= 15 is 0 Å². The average molecular weight is 259 g/mol. The van der Waals surface area contributed by atoms with Crippen LogP contribution in [0.4, 0.5) is 0 Å². The summed E-state index contributed by atoms with van der Waals surface area (Å²) in [5.74, 6) is -1.90. The van der Waals surface area contributed by atoms with Crippen LogP contribution in [0.3, 0.4) is 0 Å². The minimum absolute atomic E-state index is 0.410. The maximum absolute atomic E-state index is 11.7. The lowest BCUT2D eigenvalue weighted by Gasteiger charge is -2.11. The molecule has 0 amide bonds. The van der Waals surface area contributed by atoms with Crippen molar-refractivity contribution in [1.29, 1.82) is 0 Å². The molecule has 0 aliphatic rings. The Morgan fingerprint density at radius 3 is 2.42 bits per heavy atom. The van der Waals surface area contributed by atoms with Crippen molar-refractivity contribution in [2.24, 2.45) is 0 Å². The molecule has 5 heteroatoms. The lowest BCUT2D eigenvalue weighted by Crippen LogP contribution is -2.19. The van der Waals surface area contributed by atoms with Crippen molar-refractivity contribution < 1.29 is 15.0 Å². The minimum Gasteiger partial charge on any atom is -0.506 e. The molecule has 1 aromatic heterocycles. The third kappa shape index (κ3) is 2.22. The van der Waals surface area contributed by atoms with E-state index in [1.807, 2.05) is 6.07 Å². The molecule has 0 aliphatic carbocycles. The van der Waals surface area contributed by atoms with Gasteiger partial charge in [-0.1, -0.05) is 37.3 Å². The first-order valence-corrected chi connectivity index (χ1v) is 5.83. The summed E-state index contributed by atoms with van der Waals surface area (Å²) in [6.45, 7) is 1.78. The summed E-state index contributed by atoms with van der Waals surface area (Å²) >= 11 is 0. The van der Waals surface area contributed by atoms with Crippen molar-refractivity contribution in [3.63, 3.8) is 0 Å². The Hall–Kier alpha value is -2.56. The standard InChI is InChI=1S/C14H13NO4/c1-2-9-11(8-6-4-3-5-7-8)15-13(17)10(12(9)16)14(18)19/h3-7H,2H2,1H3,(H,18,19)(H2,15,16,17). The van der Waals surface area contributed by atoms with Crippen LogP contribution < -0.4 is 5.56 Å². The fourth-order valence-corrected chi connectivity index (χ4v) is 2.02. The molecular formula is C14H13NO4. The summed E-state index contributed by atoms with van der Waals surface area (Å²) in [5, 5.41) is 18.9. The van der Waals surface area contributed by atoms with E-state index in [1.54, 1.807) is 31.2 Å². The summed E-state index contributed by atoms with van der Waals surface area (Å²) in [6, 6.07) is 9.00. The molecule has 0 unspecified atom stereocenters. The zero-order valence-corrected chi connectivity index (χ0v) is 10.3. The summed E-state index contributed by atoms with van der Waals surface area (Å²) in [4.78, 5) is 25.3. The minimum atomic E-state index is -1.44. The van der Waals surface area contributed by atoms with Crippen LogP contribution >= 0.6 is 0 Å². The van der Waals surface area contributed by atoms with Crippen LogP contribution in [0.2, 0.25) is 0 Å². The van der Waals surface area contributed by atoms with Gasteiger partial charge in [-0.3, -0.25) is 4.79 Å². The summed E-state index contributed by atoms with van der Waals surface area (Å²) in [7, 11) is 0. The third-order valence-electron chi connectivity index (χ3n) is 2.92. The molecule has 2 aromatic rings. The number of nitrogens with one attached hydrogen (secondary N) is 1. The fourth-order valence-electron chi connectivity index (χ4n) is 2.02. The number of aromatic hydroxyl groups is 1. The van der Waals surface area contributed by atoms with Gasteiger partial charge in [0.05, 0.1) is 5.69 Å².